The van der Waals surface area contributed by atoms with E-state index in [-0.39, 0.29) is 0 Å². The van der Waals surface area contributed by atoms with Gasteiger partial charge in [0, 0.05) is 133 Å². The Hall–Kier alpha value is -19.7. The molecule has 0 saturated carbocycles. The predicted octanol–water partition coefficient (Wildman–Crippen LogP) is 41.1. The summed E-state index contributed by atoms with van der Waals surface area (Å²) >= 11 is 0. The van der Waals surface area contributed by atoms with Gasteiger partial charge in [-0.25, -0.2) is 0 Å². The number of aryl methyl sites for hydroxylation is 4. The van der Waals surface area contributed by atoms with E-state index in [9.17, 15) is 0 Å². The van der Waals surface area contributed by atoms with E-state index in [2.05, 4.69) is 520 Å². The first-order valence-electron chi connectivity index (χ1n) is 51.2. The minimum absolute atomic E-state index is 0.734. The van der Waals surface area contributed by atoms with Crippen LogP contribution in [-0.4, -0.2) is 0 Å². The molecule has 30 aromatic rings. The Morgan fingerprint density at radius 3 is 0.747 bits per heavy atom. The maximum atomic E-state index is 7.68. The maximum Gasteiger partial charge on any atom is 0.160 e. The van der Waals surface area contributed by atoms with E-state index < -0.39 is 0 Å². The second kappa shape index (κ2) is 34.0. The highest BCUT2D eigenvalue weighted by Gasteiger charge is 2.34. The van der Waals surface area contributed by atoms with Crippen LogP contribution in [0.5, 0.6) is 0 Å². The topological polar surface area (TPSA) is 91.8 Å². The van der Waals surface area contributed by atoms with Crippen LogP contribution >= 0.6 is 0 Å². The molecule has 0 spiro atoms. The van der Waals surface area contributed by atoms with Crippen LogP contribution in [-0.2, 0) is 0 Å². The zero-order valence-electron chi connectivity index (χ0n) is 82.3. The minimum Gasteiger partial charge on any atom is -0.456 e. The molecule has 30 rings (SSSR count). The van der Waals surface area contributed by atoms with Gasteiger partial charge in [-0.1, -0.05) is 370 Å². The van der Waals surface area contributed by atoms with Crippen LogP contribution in [0.15, 0.2) is 500 Å². The smallest absolute Gasteiger partial charge is 0.160 e. The third kappa shape index (κ3) is 13.4. The van der Waals surface area contributed by atoms with Crippen molar-refractivity contribution in [3.63, 3.8) is 0 Å². The van der Waals surface area contributed by atoms with Crippen molar-refractivity contribution in [1.82, 2.24) is 0 Å². The van der Waals surface area contributed by atoms with Gasteiger partial charge in [0.2, 0.25) is 0 Å². The van der Waals surface area contributed by atoms with Crippen molar-refractivity contribution in [3.05, 3.63) is 495 Å². The fraction of sp³-hybridized carbons (Fsp3) is 0.0286. The number of hydrogen-bond acceptors (Lipinski definition) is 10. The number of benzene rings is 24. The molecule has 0 unspecified atom stereocenters. The van der Waals surface area contributed by atoms with E-state index in [1.54, 1.807) is 0 Å². The largest absolute Gasteiger partial charge is 0.456 e. The Kier molecular flexibility index (Phi) is 19.5. The van der Waals surface area contributed by atoms with Crippen LogP contribution in [0.1, 0.15) is 22.3 Å². The maximum absolute atomic E-state index is 7.68. The summed E-state index contributed by atoms with van der Waals surface area (Å²) in [5.74, 6) is 0. The molecule has 0 atom stereocenters. The normalized spacial score (nSPS) is 12.0. The van der Waals surface area contributed by atoms with Crippen LogP contribution in [0.25, 0.3) is 230 Å². The molecule has 10 heteroatoms. The fourth-order valence-corrected chi connectivity index (χ4v) is 24.1. The molecule has 0 aliphatic heterocycles. The molecular weight excluding hydrogens is 1830 g/mol. The van der Waals surface area contributed by atoms with Gasteiger partial charge in [0.15, 0.2) is 22.3 Å². The van der Waals surface area contributed by atoms with Gasteiger partial charge >= 0.3 is 0 Å². The number of hydrogen-bond donors (Lipinski definition) is 0. The van der Waals surface area contributed by atoms with Gasteiger partial charge in [-0.3, -0.25) is 0 Å². The zero-order chi connectivity index (χ0) is 99.2. The second-order valence-corrected chi connectivity index (χ2v) is 39.7. The van der Waals surface area contributed by atoms with E-state index in [1.165, 1.54) is 0 Å². The van der Waals surface area contributed by atoms with E-state index in [1.807, 2.05) is 0 Å². The summed E-state index contributed by atoms with van der Waals surface area (Å²) < 4.78 is 44.5. The SMILES string of the molecule is Cc1cccc2c1oc1c(N(c3cccc(-c4ccccc4)c3)c3cc4oc5cc(N(c6cccc(-c7cccc(-c8ccc(N(c9ccc(-c%10ccccc%10)cc9)c9cc%10oc%11cc(N(c%12ccc(-c%13ccccc%13)cc%12)c%12cccc%13c%12oc%12c(C)cccc%12%13)c%12ccccc%12c%11c%10c%10ccccc9%10)c9oc%10c(C)cccc%10c89)c7)c6)c6cccc7c6oc6c(C)cccc67)c6ccccc6c5c4c4ccccc34)cccc12. The highest BCUT2D eigenvalue weighted by molar-refractivity contribution is 6.34. The quantitative estimate of drug-likeness (QED) is 0.0878. The lowest BCUT2D eigenvalue weighted by Crippen LogP contribution is -2.11. The standard InChI is InChI=1S/C140H90N4O6/c1-83-32-22-56-109-112-59-29-63-116(137(112)147-133(83)109)141(96-70-66-90(67-71-96)87-36-8-5-9-37-87)120-79-124-129(105-52-18-14-48-101(105)120)130-106-53-19-15-49-102(106)121(80-125(130)145-124)142(97-72-68-91(69-73-97)88-38-10-6-11-39-88)119-75-74-100(128-115-62-25-35-86(4)136(115)150-140(119)128)95-45-26-42-92(76-95)94-44-28-47-99(78-94)144(118-65-31-61-114-111-58-24-34-85(3)135(111)149-139(114)118)123-82-127-132(108-55-21-17-51-104(108)123)131-107-54-20-16-50-103(107)122(81-126(131)146-127)143(98-46-27-43-93(77-98)89-40-12-7-13-41-89)117-64-30-60-113-110-57-23-33-84(2)134(110)148-138(113)117/h5-82H,1-4H3. The molecule has 150 heavy (non-hydrogen) atoms. The lowest BCUT2D eigenvalue weighted by atomic mass is 9.94. The molecule has 706 valence electrons. The number of anilines is 12. The average molecular weight is 1920 g/mol. The molecule has 0 saturated heterocycles. The predicted molar refractivity (Wildman–Crippen MR) is 625 cm³/mol. The van der Waals surface area contributed by atoms with Crippen molar-refractivity contribution in [2.75, 3.05) is 19.6 Å². The van der Waals surface area contributed by atoms with E-state index in [4.69, 9.17) is 26.5 Å². The van der Waals surface area contributed by atoms with Crippen LogP contribution in [0.2, 0.25) is 0 Å². The molecule has 0 bridgehead atoms. The van der Waals surface area contributed by atoms with E-state index >= 15 is 0 Å². The van der Waals surface area contributed by atoms with E-state index in [0.29, 0.717) is 0 Å². The summed E-state index contributed by atoms with van der Waals surface area (Å²) in [4.78, 5) is 9.53. The second-order valence-electron chi connectivity index (χ2n) is 39.7. The van der Waals surface area contributed by atoms with Gasteiger partial charge in [-0.2, -0.15) is 0 Å². The zero-order valence-corrected chi connectivity index (χ0v) is 82.3. The Morgan fingerprint density at radius 1 is 0.133 bits per heavy atom. The third-order valence-electron chi connectivity index (χ3n) is 31.0. The third-order valence-corrected chi connectivity index (χ3v) is 31.0. The number of rotatable bonds is 17. The van der Waals surface area contributed by atoms with Crippen LogP contribution in [0.4, 0.5) is 68.2 Å². The summed E-state index contributed by atoms with van der Waals surface area (Å²) in [5.41, 5.74) is 35.5. The number of nitrogens with zero attached hydrogens (tertiary/aromatic N) is 4. The number of para-hydroxylation sites is 7. The summed E-state index contributed by atoms with van der Waals surface area (Å²) in [5, 5.41) is 20.7. The molecule has 0 fully saturated rings. The van der Waals surface area contributed by atoms with E-state index in [0.717, 1.165) is 321 Å². The molecule has 0 aliphatic carbocycles. The van der Waals surface area contributed by atoms with Gasteiger partial charge in [0.05, 0.1) is 45.5 Å². The molecule has 0 N–H and O–H groups in total. The highest BCUT2D eigenvalue weighted by Crippen LogP contribution is 2.58. The molecule has 0 radical (unpaired) electrons. The van der Waals surface area contributed by atoms with Crippen LogP contribution in [0, 0.1) is 27.7 Å². The van der Waals surface area contributed by atoms with Crippen molar-refractivity contribution in [2.45, 2.75) is 27.7 Å². The minimum atomic E-state index is 0.734. The Bertz CT molecular complexity index is 10800. The molecule has 0 amide bonds. The first-order chi connectivity index (χ1) is 74.1. The van der Waals surface area contributed by atoms with Gasteiger partial charge in [0.25, 0.3) is 0 Å². The molecule has 0 aliphatic rings. The van der Waals surface area contributed by atoms with Crippen LogP contribution in [0.3, 0.4) is 0 Å². The molecular formula is C140H90N4O6. The van der Waals surface area contributed by atoms with Crippen LogP contribution < -0.4 is 19.6 Å². The average Bonchev–Trinajstić information content (AvgIpc) is 1.54. The van der Waals surface area contributed by atoms with Crippen molar-refractivity contribution < 1.29 is 26.5 Å². The summed E-state index contributed by atoms with van der Waals surface area (Å²) in [7, 11) is 0. The van der Waals surface area contributed by atoms with Crippen molar-refractivity contribution in [2.24, 2.45) is 0 Å². The summed E-state index contributed by atoms with van der Waals surface area (Å²) in [6.45, 7) is 8.53. The molecule has 10 nitrogen and oxygen atoms in total. The van der Waals surface area contributed by atoms with Gasteiger partial charge in [-0.05, 0) is 206 Å². The van der Waals surface area contributed by atoms with Crippen molar-refractivity contribution >= 4 is 243 Å². The fourth-order valence-electron chi connectivity index (χ4n) is 24.1. The van der Waals surface area contributed by atoms with Gasteiger partial charge < -0.3 is 46.1 Å². The van der Waals surface area contributed by atoms with Gasteiger partial charge in [-0.15, -0.1) is 0 Å². The summed E-state index contributed by atoms with van der Waals surface area (Å²) in [6, 6.07) is 171. The molecule has 6 aromatic heterocycles. The first kappa shape index (κ1) is 85.9. The van der Waals surface area contributed by atoms with Crippen molar-refractivity contribution in [3.8, 4) is 55.6 Å². The number of furan rings is 6. The lowest BCUT2D eigenvalue weighted by Gasteiger charge is -2.28. The monoisotopic (exact) mass is 1920 g/mol. The Labute approximate surface area is 861 Å². The molecule has 24 aromatic carbocycles. The Balaban J connectivity index is 0.586. The van der Waals surface area contributed by atoms with Gasteiger partial charge in [0.1, 0.15) is 44.7 Å². The lowest BCUT2D eigenvalue weighted by molar-refractivity contribution is 0.665. The number of fused-ring (bicyclic) bond motifs is 26. The first-order valence-corrected chi connectivity index (χ1v) is 51.2. The van der Waals surface area contributed by atoms with Crippen molar-refractivity contribution in [1.29, 1.82) is 0 Å². The molecule has 6 heterocycles. The summed E-state index contributed by atoms with van der Waals surface area (Å²) in [6.07, 6.45) is 0. The highest BCUT2D eigenvalue weighted by atomic mass is 16.4. The Morgan fingerprint density at radius 2 is 0.380 bits per heavy atom.